The first-order valence-electron chi connectivity index (χ1n) is 7.74. The first-order valence-corrected chi connectivity index (χ1v) is 8.56. The Morgan fingerprint density at radius 1 is 1.46 bits per heavy atom. The number of esters is 2. The van der Waals surface area contributed by atoms with Crippen molar-refractivity contribution in [2.45, 2.75) is 46.1 Å². The molecule has 2 rings (SSSR count). The van der Waals surface area contributed by atoms with Crippen molar-refractivity contribution < 1.29 is 23.9 Å². The molecule has 8 heteroatoms. The van der Waals surface area contributed by atoms with Gasteiger partial charge in [0.25, 0.3) is 0 Å². The minimum atomic E-state index is -0.857. The third-order valence-electron chi connectivity index (χ3n) is 3.80. The number of methoxy groups -OCH3 is 1. The van der Waals surface area contributed by atoms with Crippen LogP contribution in [0.15, 0.2) is 0 Å². The normalized spacial score (nSPS) is 19.2. The van der Waals surface area contributed by atoms with Crippen LogP contribution in [0.5, 0.6) is 0 Å². The van der Waals surface area contributed by atoms with Gasteiger partial charge in [0.05, 0.1) is 19.4 Å². The zero-order chi connectivity index (χ0) is 18.1. The molecule has 1 atom stereocenters. The van der Waals surface area contributed by atoms with Crippen LogP contribution >= 0.6 is 11.3 Å². The second-order valence-corrected chi connectivity index (χ2v) is 7.79. The molecule has 1 aromatic heterocycles. The quantitative estimate of drug-likeness (QED) is 0.816. The Balaban J connectivity index is 2.20. The van der Waals surface area contributed by atoms with Crippen molar-refractivity contribution in [1.29, 1.82) is 0 Å². The van der Waals surface area contributed by atoms with E-state index in [2.05, 4.69) is 10.3 Å². The molecule has 0 bridgehead atoms. The van der Waals surface area contributed by atoms with Gasteiger partial charge in [-0.2, -0.15) is 0 Å². The minimum absolute atomic E-state index is 0.0346. The molecule has 1 aromatic rings. The van der Waals surface area contributed by atoms with Gasteiger partial charge >= 0.3 is 11.9 Å². The maximum Gasteiger partial charge on any atom is 0.357 e. The van der Waals surface area contributed by atoms with Crippen LogP contribution in [0.1, 0.15) is 49.5 Å². The zero-order valence-corrected chi connectivity index (χ0v) is 15.3. The number of nitrogens with one attached hydrogen (secondary N) is 1. The molecule has 0 saturated carbocycles. The second-order valence-electron chi connectivity index (χ2n) is 6.70. The summed E-state index contributed by atoms with van der Waals surface area (Å²) in [6.45, 7) is 7.47. The highest BCUT2D eigenvalue weighted by Gasteiger charge is 2.46. The number of rotatable bonds is 5. The third-order valence-corrected chi connectivity index (χ3v) is 4.80. The number of carbonyl (C=O) groups excluding carboxylic acids is 3. The van der Waals surface area contributed by atoms with E-state index in [1.54, 1.807) is 13.8 Å². The number of thiazole rings is 1. The van der Waals surface area contributed by atoms with Gasteiger partial charge in [0.2, 0.25) is 5.91 Å². The van der Waals surface area contributed by atoms with Crippen molar-refractivity contribution in [3.8, 4) is 0 Å². The van der Waals surface area contributed by atoms with Crippen molar-refractivity contribution in [3.05, 3.63) is 10.6 Å². The lowest BCUT2D eigenvalue weighted by Gasteiger charge is -2.23. The number of carbonyl (C=O) groups is 3. The van der Waals surface area contributed by atoms with Gasteiger partial charge in [0, 0.05) is 4.88 Å². The van der Waals surface area contributed by atoms with Crippen LogP contribution < -0.4 is 5.32 Å². The van der Waals surface area contributed by atoms with Crippen LogP contribution in [-0.2, 0) is 25.5 Å². The van der Waals surface area contributed by atoms with Gasteiger partial charge in [-0.3, -0.25) is 9.59 Å². The van der Waals surface area contributed by atoms with E-state index < -0.39 is 23.5 Å². The number of hydrogen-bond acceptors (Lipinski definition) is 7. The fraction of sp³-hybridized carbons (Fsp3) is 0.625. The highest BCUT2D eigenvalue weighted by atomic mass is 32.1. The van der Waals surface area contributed by atoms with Gasteiger partial charge in [0.1, 0.15) is 5.60 Å². The molecule has 0 spiro atoms. The molecule has 2 heterocycles. The number of ether oxygens (including phenoxy) is 2. The van der Waals surface area contributed by atoms with Crippen LogP contribution in [0.2, 0.25) is 0 Å². The van der Waals surface area contributed by atoms with Crippen molar-refractivity contribution >= 4 is 34.3 Å². The average Bonchev–Trinajstić information content (AvgIpc) is 2.97. The Kier molecular flexibility index (Phi) is 5.27. The van der Waals surface area contributed by atoms with E-state index in [4.69, 9.17) is 9.47 Å². The summed E-state index contributed by atoms with van der Waals surface area (Å²) in [5, 5.41) is 3.03. The largest absolute Gasteiger partial charge is 0.464 e. The Labute approximate surface area is 144 Å². The number of nitrogens with zero attached hydrogens (tertiary/aromatic N) is 1. The predicted octanol–water partition coefficient (Wildman–Crippen LogP) is 2.41. The molecule has 1 N–H and O–H groups in total. The molecule has 0 aliphatic carbocycles. The first kappa shape index (κ1) is 18.4. The van der Waals surface area contributed by atoms with E-state index in [0.717, 1.165) is 4.88 Å². The topological polar surface area (TPSA) is 94.6 Å². The second kappa shape index (κ2) is 6.88. The van der Waals surface area contributed by atoms with E-state index in [1.807, 2.05) is 13.8 Å². The first-order chi connectivity index (χ1) is 11.1. The molecule has 0 unspecified atom stereocenters. The summed E-state index contributed by atoms with van der Waals surface area (Å²) in [5.74, 6) is -1.52. The lowest BCUT2D eigenvalue weighted by molar-refractivity contribution is -0.147. The molecule has 1 fully saturated rings. The maximum atomic E-state index is 12.5. The van der Waals surface area contributed by atoms with Crippen molar-refractivity contribution in [3.63, 3.8) is 0 Å². The van der Waals surface area contributed by atoms with Gasteiger partial charge in [-0.25, -0.2) is 9.78 Å². The summed E-state index contributed by atoms with van der Waals surface area (Å²) in [5.41, 5.74) is -0.630. The summed E-state index contributed by atoms with van der Waals surface area (Å²) in [4.78, 5) is 40.8. The summed E-state index contributed by atoms with van der Waals surface area (Å²) in [6.07, 6.45) is 0.696. The number of hydrogen-bond donors (Lipinski definition) is 1. The van der Waals surface area contributed by atoms with Crippen molar-refractivity contribution in [1.82, 2.24) is 4.98 Å². The smallest absolute Gasteiger partial charge is 0.357 e. The third kappa shape index (κ3) is 3.92. The van der Waals surface area contributed by atoms with Gasteiger partial charge in [-0.05, 0) is 26.2 Å². The molecule has 0 radical (unpaired) electrons. The van der Waals surface area contributed by atoms with Gasteiger partial charge in [0.15, 0.2) is 10.8 Å². The molecule has 7 nitrogen and oxygen atoms in total. The summed E-state index contributed by atoms with van der Waals surface area (Å²) < 4.78 is 9.92. The molecule has 24 heavy (non-hydrogen) atoms. The monoisotopic (exact) mass is 354 g/mol. The Hall–Kier alpha value is -1.96. The van der Waals surface area contributed by atoms with Crippen LogP contribution in [0.3, 0.4) is 0 Å². The van der Waals surface area contributed by atoms with E-state index in [0.29, 0.717) is 17.5 Å². The van der Waals surface area contributed by atoms with Gasteiger partial charge in [-0.15, -0.1) is 11.3 Å². The molecule has 1 saturated heterocycles. The molecule has 1 amide bonds. The van der Waals surface area contributed by atoms with Crippen molar-refractivity contribution in [2.75, 3.05) is 12.4 Å². The SMILES string of the molecule is COC(=O)c1nc(NC(=O)[C@@H]2CC(=O)OC2(C)C)sc1CC(C)C. The molecule has 1 aliphatic rings. The average molecular weight is 354 g/mol. The lowest BCUT2D eigenvalue weighted by atomic mass is 9.90. The van der Waals surface area contributed by atoms with Gasteiger partial charge < -0.3 is 14.8 Å². The van der Waals surface area contributed by atoms with E-state index in [9.17, 15) is 14.4 Å². The van der Waals surface area contributed by atoms with E-state index >= 15 is 0 Å². The summed E-state index contributed by atoms with van der Waals surface area (Å²) >= 11 is 1.25. The predicted molar refractivity (Wildman–Crippen MR) is 88.9 cm³/mol. The van der Waals surface area contributed by atoms with Crippen LogP contribution in [0.25, 0.3) is 0 Å². The van der Waals surface area contributed by atoms with E-state index in [-0.39, 0.29) is 18.0 Å². The fourth-order valence-corrected chi connectivity index (χ4v) is 3.75. The highest BCUT2D eigenvalue weighted by molar-refractivity contribution is 7.16. The number of amides is 1. The van der Waals surface area contributed by atoms with Crippen LogP contribution in [0, 0.1) is 11.8 Å². The zero-order valence-electron chi connectivity index (χ0n) is 14.5. The van der Waals surface area contributed by atoms with Crippen LogP contribution in [0.4, 0.5) is 5.13 Å². The van der Waals surface area contributed by atoms with E-state index in [1.165, 1.54) is 18.4 Å². The molecular formula is C16H22N2O5S. The molecular weight excluding hydrogens is 332 g/mol. The number of cyclic esters (lactones) is 1. The van der Waals surface area contributed by atoms with Gasteiger partial charge in [-0.1, -0.05) is 13.8 Å². The maximum absolute atomic E-state index is 12.5. The summed E-state index contributed by atoms with van der Waals surface area (Å²) in [7, 11) is 1.29. The van der Waals surface area contributed by atoms with Crippen molar-refractivity contribution in [2.24, 2.45) is 11.8 Å². The molecule has 132 valence electrons. The summed E-state index contributed by atoms with van der Waals surface area (Å²) in [6, 6.07) is 0. The molecule has 0 aromatic carbocycles. The fourth-order valence-electron chi connectivity index (χ4n) is 2.59. The molecule has 1 aliphatic heterocycles. The lowest BCUT2D eigenvalue weighted by Crippen LogP contribution is -2.36. The highest BCUT2D eigenvalue weighted by Crippen LogP contribution is 2.34. The minimum Gasteiger partial charge on any atom is -0.464 e. The Bertz CT molecular complexity index is 665. The van der Waals surface area contributed by atoms with Crippen LogP contribution in [-0.4, -0.2) is 35.5 Å². The Morgan fingerprint density at radius 2 is 2.12 bits per heavy atom. The number of aromatic nitrogens is 1. The Morgan fingerprint density at radius 3 is 2.62 bits per heavy atom. The standard InChI is InChI=1S/C16H22N2O5S/c1-8(2)6-10-12(14(21)22-5)17-15(24-10)18-13(20)9-7-11(19)23-16(9,3)4/h8-9H,6-7H2,1-5H3,(H,17,18,20)/t9-/m0/s1. The number of anilines is 1.